The molecule has 124 valence electrons. The molecule has 1 rings (SSSR count). The number of hydrogen-bond acceptors (Lipinski definition) is 5. The van der Waals surface area contributed by atoms with Crippen LogP contribution in [0.3, 0.4) is 0 Å². The van der Waals surface area contributed by atoms with Gasteiger partial charge in [-0.05, 0) is 38.5 Å². The number of carboxylic acid groups (broad SMARTS) is 1. The van der Waals surface area contributed by atoms with Gasteiger partial charge in [0.05, 0.1) is 10.5 Å². The topological polar surface area (TPSA) is 105 Å². The summed E-state index contributed by atoms with van der Waals surface area (Å²) in [6.07, 6.45) is 0.536. The summed E-state index contributed by atoms with van der Waals surface area (Å²) >= 11 is 0. The molecule has 0 heterocycles. The van der Waals surface area contributed by atoms with E-state index in [2.05, 4.69) is 10.0 Å². The van der Waals surface area contributed by atoms with Gasteiger partial charge < -0.3 is 15.2 Å². The Hall–Kier alpha value is -1.64. The van der Waals surface area contributed by atoms with Gasteiger partial charge in [-0.25, -0.2) is 17.9 Å². The quantitative estimate of drug-likeness (QED) is 0.593. The van der Waals surface area contributed by atoms with Crippen molar-refractivity contribution in [2.45, 2.75) is 31.2 Å². The molecule has 0 aliphatic heterocycles. The average molecular weight is 330 g/mol. The second-order valence-electron chi connectivity index (χ2n) is 5.06. The summed E-state index contributed by atoms with van der Waals surface area (Å²) in [7, 11) is -2.20. The van der Waals surface area contributed by atoms with Gasteiger partial charge in [0, 0.05) is 32.0 Å². The predicted molar refractivity (Wildman–Crippen MR) is 83.8 cm³/mol. The Kier molecular flexibility index (Phi) is 6.79. The smallest absolute Gasteiger partial charge is 0.337 e. The number of carboxylic acids is 1. The average Bonchev–Trinajstić information content (AvgIpc) is 2.43. The monoisotopic (exact) mass is 330 g/mol. The summed E-state index contributed by atoms with van der Waals surface area (Å²) in [6, 6.07) is 4.04. The summed E-state index contributed by atoms with van der Waals surface area (Å²) in [6.45, 7) is 4.41. The van der Waals surface area contributed by atoms with Crippen LogP contribution < -0.4 is 10.0 Å². The van der Waals surface area contributed by atoms with Gasteiger partial charge in [0.25, 0.3) is 0 Å². The molecule has 1 aromatic rings. The van der Waals surface area contributed by atoms with E-state index < -0.39 is 16.0 Å². The maximum atomic E-state index is 12.1. The number of rotatable bonds is 9. The molecule has 8 heteroatoms. The van der Waals surface area contributed by atoms with E-state index in [1.165, 1.54) is 19.2 Å². The molecule has 0 amide bonds. The van der Waals surface area contributed by atoms with E-state index >= 15 is 0 Å². The van der Waals surface area contributed by atoms with Gasteiger partial charge in [0.15, 0.2) is 0 Å². The van der Waals surface area contributed by atoms with Crippen molar-refractivity contribution in [2.24, 2.45) is 0 Å². The first kappa shape index (κ1) is 18.4. The third kappa shape index (κ3) is 5.28. The minimum atomic E-state index is -3.74. The van der Waals surface area contributed by atoms with Gasteiger partial charge in [-0.3, -0.25) is 0 Å². The Bertz CT molecular complexity index is 614. The molecular weight excluding hydrogens is 308 g/mol. The SMILES string of the molecule is COCCCNS(=O)(=O)c1ccc(NC(C)C)c(C(=O)O)c1. The number of benzene rings is 1. The Morgan fingerprint density at radius 1 is 1.36 bits per heavy atom. The van der Waals surface area contributed by atoms with E-state index in [0.29, 0.717) is 18.7 Å². The zero-order valence-corrected chi connectivity index (χ0v) is 13.7. The first-order valence-electron chi connectivity index (χ1n) is 6.90. The van der Waals surface area contributed by atoms with Crippen molar-refractivity contribution in [3.63, 3.8) is 0 Å². The van der Waals surface area contributed by atoms with Crippen LogP contribution >= 0.6 is 0 Å². The Labute approximate surface area is 130 Å². The van der Waals surface area contributed by atoms with Crippen molar-refractivity contribution >= 4 is 21.7 Å². The largest absolute Gasteiger partial charge is 0.478 e. The number of sulfonamides is 1. The zero-order valence-electron chi connectivity index (χ0n) is 12.9. The first-order chi connectivity index (χ1) is 10.3. The van der Waals surface area contributed by atoms with Crippen LogP contribution in [0.5, 0.6) is 0 Å². The van der Waals surface area contributed by atoms with E-state index in [-0.39, 0.29) is 23.0 Å². The van der Waals surface area contributed by atoms with Crippen LogP contribution in [0.1, 0.15) is 30.6 Å². The summed E-state index contributed by atoms with van der Waals surface area (Å²) in [4.78, 5) is 11.2. The lowest BCUT2D eigenvalue weighted by Gasteiger charge is -2.14. The second-order valence-corrected chi connectivity index (χ2v) is 6.82. The molecule has 0 aliphatic carbocycles. The van der Waals surface area contributed by atoms with Crippen LogP contribution in [-0.2, 0) is 14.8 Å². The van der Waals surface area contributed by atoms with Crippen molar-refractivity contribution in [3.8, 4) is 0 Å². The summed E-state index contributed by atoms with van der Waals surface area (Å²) in [5.74, 6) is -1.18. The molecule has 0 aliphatic rings. The second kappa shape index (κ2) is 8.11. The Morgan fingerprint density at radius 2 is 2.05 bits per heavy atom. The first-order valence-corrected chi connectivity index (χ1v) is 8.38. The fraction of sp³-hybridized carbons (Fsp3) is 0.500. The van der Waals surface area contributed by atoms with Crippen LogP contribution in [0, 0.1) is 0 Å². The standard InChI is InChI=1S/C14H22N2O5S/c1-10(2)16-13-6-5-11(9-12(13)14(17)18)22(19,20)15-7-4-8-21-3/h5-6,9-10,15-16H,4,7-8H2,1-3H3,(H,17,18). The highest BCUT2D eigenvalue weighted by Crippen LogP contribution is 2.21. The highest BCUT2D eigenvalue weighted by molar-refractivity contribution is 7.89. The lowest BCUT2D eigenvalue weighted by molar-refractivity contribution is 0.0697. The van der Waals surface area contributed by atoms with E-state index in [1.807, 2.05) is 13.8 Å². The van der Waals surface area contributed by atoms with Gasteiger partial charge in [-0.2, -0.15) is 0 Å². The molecule has 3 N–H and O–H groups in total. The van der Waals surface area contributed by atoms with Crippen LogP contribution in [0.25, 0.3) is 0 Å². The maximum Gasteiger partial charge on any atom is 0.337 e. The van der Waals surface area contributed by atoms with E-state index in [1.54, 1.807) is 0 Å². The Balaban J connectivity index is 3.00. The van der Waals surface area contributed by atoms with E-state index in [0.717, 1.165) is 6.07 Å². The molecule has 0 atom stereocenters. The number of aromatic carboxylic acids is 1. The van der Waals surface area contributed by atoms with Gasteiger partial charge >= 0.3 is 5.97 Å². The maximum absolute atomic E-state index is 12.1. The number of nitrogens with one attached hydrogen (secondary N) is 2. The third-order valence-electron chi connectivity index (χ3n) is 2.79. The summed E-state index contributed by atoms with van der Waals surface area (Å²) < 4.78 is 31.5. The lowest BCUT2D eigenvalue weighted by Crippen LogP contribution is -2.26. The molecule has 0 saturated carbocycles. The highest BCUT2D eigenvalue weighted by atomic mass is 32.2. The van der Waals surface area contributed by atoms with Crippen molar-refractivity contribution in [1.82, 2.24) is 4.72 Å². The molecular formula is C14H22N2O5S. The van der Waals surface area contributed by atoms with Crippen LogP contribution in [0.4, 0.5) is 5.69 Å². The Morgan fingerprint density at radius 3 is 2.59 bits per heavy atom. The van der Waals surface area contributed by atoms with E-state index in [4.69, 9.17) is 4.74 Å². The number of anilines is 1. The molecule has 0 fully saturated rings. The van der Waals surface area contributed by atoms with Gasteiger partial charge in [0.1, 0.15) is 0 Å². The van der Waals surface area contributed by atoms with Crippen LogP contribution in [-0.4, -0.2) is 45.8 Å². The minimum Gasteiger partial charge on any atom is -0.478 e. The lowest BCUT2D eigenvalue weighted by atomic mass is 10.1. The van der Waals surface area contributed by atoms with Crippen molar-refractivity contribution in [3.05, 3.63) is 23.8 Å². The summed E-state index contributed by atoms with van der Waals surface area (Å²) in [5.41, 5.74) is 0.314. The molecule has 0 spiro atoms. The molecule has 7 nitrogen and oxygen atoms in total. The number of methoxy groups -OCH3 is 1. The van der Waals surface area contributed by atoms with Crippen LogP contribution in [0.2, 0.25) is 0 Å². The van der Waals surface area contributed by atoms with Crippen molar-refractivity contribution in [2.75, 3.05) is 25.6 Å². The number of carbonyl (C=O) groups is 1. The normalized spacial score (nSPS) is 11.6. The number of ether oxygens (including phenoxy) is 1. The fourth-order valence-corrected chi connectivity index (χ4v) is 2.91. The molecule has 0 radical (unpaired) electrons. The molecule has 1 aromatic carbocycles. The molecule has 0 saturated heterocycles. The summed E-state index contributed by atoms with van der Waals surface area (Å²) in [5, 5.41) is 12.2. The fourth-order valence-electron chi connectivity index (χ4n) is 1.81. The molecule has 0 aromatic heterocycles. The van der Waals surface area contributed by atoms with Crippen LogP contribution in [0.15, 0.2) is 23.1 Å². The van der Waals surface area contributed by atoms with Crippen molar-refractivity contribution < 1.29 is 23.1 Å². The van der Waals surface area contributed by atoms with Gasteiger partial charge in [-0.15, -0.1) is 0 Å². The third-order valence-corrected chi connectivity index (χ3v) is 4.25. The molecule has 22 heavy (non-hydrogen) atoms. The number of hydrogen-bond donors (Lipinski definition) is 3. The molecule has 0 unspecified atom stereocenters. The molecule has 0 bridgehead atoms. The van der Waals surface area contributed by atoms with Gasteiger partial charge in [-0.1, -0.05) is 0 Å². The minimum absolute atomic E-state index is 0.0349. The van der Waals surface area contributed by atoms with Gasteiger partial charge in [0.2, 0.25) is 10.0 Å². The predicted octanol–water partition coefficient (Wildman–Crippen LogP) is 1.52. The van der Waals surface area contributed by atoms with E-state index in [9.17, 15) is 18.3 Å². The van der Waals surface area contributed by atoms with Crippen molar-refractivity contribution in [1.29, 1.82) is 0 Å². The zero-order chi connectivity index (χ0) is 16.8. The highest BCUT2D eigenvalue weighted by Gasteiger charge is 2.18.